The van der Waals surface area contributed by atoms with Crippen molar-refractivity contribution in [1.82, 2.24) is 0 Å². The van der Waals surface area contributed by atoms with Gasteiger partial charge >= 0.3 is 0 Å². The first-order chi connectivity index (χ1) is 10.7. The van der Waals surface area contributed by atoms with Crippen LogP contribution in [0.4, 0.5) is 5.69 Å². The Kier molecular flexibility index (Phi) is 3.29. The molecule has 2 atom stereocenters. The van der Waals surface area contributed by atoms with Crippen molar-refractivity contribution < 1.29 is 14.5 Å². The lowest BCUT2D eigenvalue weighted by Gasteiger charge is -2.44. The number of carbonyl (C=O) groups excluding carboxylic acids is 2. The molecule has 2 saturated carbocycles. The van der Waals surface area contributed by atoms with Crippen molar-refractivity contribution in [3.05, 3.63) is 45.5 Å². The fraction of sp³-hybridized carbons (Fsp3) is 0.444. The molecular formula is C18H19NO4. The van der Waals surface area contributed by atoms with E-state index < -0.39 is 10.3 Å². The highest BCUT2D eigenvalue weighted by Crippen LogP contribution is 2.61. The first-order valence-electron chi connectivity index (χ1n) is 7.74. The number of ketones is 2. The lowest BCUT2D eigenvalue weighted by Crippen LogP contribution is -2.49. The third kappa shape index (κ3) is 1.99. The smallest absolute Gasteiger partial charge is 0.276 e. The predicted molar refractivity (Wildman–Crippen MR) is 85.7 cm³/mol. The summed E-state index contributed by atoms with van der Waals surface area (Å²) in [4.78, 5) is 36.4. The van der Waals surface area contributed by atoms with Gasteiger partial charge in [-0.15, -0.1) is 0 Å². The van der Waals surface area contributed by atoms with Gasteiger partial charge in [0.15, 0.2) is 11.6 Å². The zero-order valence-electron chi connectivity index (χ0n) is 13.5. The Morgan fingerprint density at radius 1 is 1.22 bits per heavy atom. The molecule has 2 aliphatic rings. The molecule has 5 heteroatoms. The van der Waals surface area contributed by atoms with Crippen molar-refractivity contribution in [1.29, 1.82) is 0 Å². The minimum Gasteiger partial charge on any atom is -0.294 e. The van der Waals surface area contributed by atoms with Gasteiger partial charge in [0.25, 0.3) is 5.69 Å². The molecule has 0 amide bonds. The maximum atomic E-state index is 13.0. The quantitative estimate of drug-likeness (QED) is 0.362. The Hall–Kier alpha value is -2.30. The summed E-state index contributed by atoms with van der Waals surface area (Å²) < 4.78 is 0. The Morgan fingerprint density at radius 2 is 1.87 bits per heavy atom. The lowest BCUT2D eigenvalue weighted by atomic mass is 9.57. The molecule has 1 aromatic carbocycles. The Balaban J connectivity index is 2.14. The van der Waals surface area contributed by atoms with E-state index in [4.69, 9.17) is 0 Å². The number of benzene rings is 1. The van der Waals surface area contributed by atoms with Crippen LogP contribution in [-0.2, 0) is 9.59 Å². The maximum absolute atomic E-state index is 13.0. The average Bonchev–Trinajstić information content (AvgIpc) is 2.69. The number of carbonyl (C=O) groups is 2. The van der Waals surface area contributed by atoms with E-state index in [1.165, 1.54) is 12.1 Å². The predicted octanol–water partition coefficient (Wildman–Crippen LogP) is 3.57. The molecule has 0 radical (unpaired) electrons. The molecule has 2 bridgehead atoms. The molecule has 0 aliphatic heterocycles. The van der Waals surface area contributed by atoms with Gasteiger partial charge in [-0.25, -0.2) is 0 Å². The topological polar surface area (TPSA) is 77.3 Å². The number of fused-ring (bicyclic) bond motifs is 2. The summed E-state index contributed by atoms with van der Waals surface area (Å²) in [5.41, 5.74) is -0.634. The second-order valence-electron chi connectivity index (χ2n) is 7.21. The number of hydrogen-bond donors (Lipinski definition) is 0. The van der Waals surface area contributed by atoms with E-state index in [9.17, 15) is 19.7 Å². The van der Waals surface area contributed by atoms with Crippen LogP contribution in [0.5, 0.6) is 0 Å². The summed E-state index contributed by atoms with van der Waals surface area (Å²) in [6.07, 6.45) is 2.79. The van der Waals surface area contributed by atoms with Crippen LogP contribution in [0, 0.1) is 26.9 Å². The summed E-state index contributed by atoms with van der Waals surface area (Å²) in [7, 11) is 0. The molecule has 2 aliphatic carbocycles. The highest BCUT2D eigenvalue weighted by molar-refractivity contribution is 6.28. The van der Waals surface area contributed by atoms with Gasteiger partial charge in [-0.3, -0.25) is 19.7 Å². The molecule has 23 heavy (non-hydrogen) atoms. The van der Waals surface area contributed by atoms with Crippen LogP contribution < -0.4 is 0 Å². The maximum Gasteiger partial charge on any atom is 0.276 e. The van der Waals surface area contributed by atoms with Crippen LogP contribution >= 0.6 is 0 Å². The van der Waals surface area contributed by atoms with E-state index in [0.29, 0.717) is 18.4 Å². The number of hydrogen-bond acceptors (Lipinski definition) is 4. The summed E-state index contributed by atoms with van der Waals surface area (Å²) in [6.45, 7) is 5.86. The first kappa shape index (κ1) is 15.6. The normalized spacial score (nSPS) is 30.7. The van der Waals surface area contributed by atoms with Gasteiger partial charge in [-0.2, -0.15) is 0 Å². The fourth-order valence-electron chi connectivity index (χ4n) is 4.03. The van der Waals surface area contributed by atoms with E-state index in [2.05, 4.69) is 0 Å². The van der Waals surface area contributed by atoms with Crippen molar-refractivity contribution in [2.75, 3.05) is 0 Å². The molecule has 5 nitrogen and oxygen atoms in total. The molecular weight excluding hydrogens is 294 g/mol. The van der Waals surface area contributed by atoms with Gasteiger partial charge in [0, 0.05) is 17.4 Å². The third-order valence-electron chi connectivity index (χ3n) is 5.99. The molecule has 0 N–H and O–H groups in total. The van der Waals surface area contributed by atoms with Gasteiger partial charge in [-0.1, -0.05) is 32.9 Å². The summed E-state index contributed by atoms with van der Waals surface area (Å²) in [6, 6.07) is 6.18. The molecule has 0 saturated heterocycles. The van der Waals surface area contributed by atoms with E-state index >= 15 is 0 Å². The van der Waals surface area contributed by atoms with E-state index in [-0.39, 0.29) is 34.2 Å². The van der Waals surface area contributed by atoms with Crippen LogP contribution in [-0.4, -0.2) is 16.5 Å². The lowest BCUT2D eigenvalue weighted by molar-refractivity contribution is -0.385. The molecule has 2 fully saturated rings. The Morgan fingerprint density at radius 3 is 2.52 bits per heavy atom. The number of rotatable bonds is 2. The van der Waals surface area contributed by atoms with Crippen molar-refractivity contribution >= 4 is 23.3 Å². The largest absolute Gasteiger partial charge is 0.294 e. The summed E-state index contributed by atoms with van der Waals surface area (Å²) in [5, 5.41) is 11.1. The van der Waals surface area contributed by atoms with Crippen molar-refractivity contribution in [3.8, 4) is 0 Å². The van der Waals surface area contributed by atoms with E-state index in [0.717, 1.165) is 0 Å². The summed E-state index contributed by atoms with van der Waals surface area (Å²) in [5.74, 6) is -0.549. The highest BCUT2D eigenvalue weighted by Gasteiger charge is 2.63. The number of nitrogens with zero attached hydrogens (tertiary/aromatic N) is 1. The Labute approximate surface area is 134 Å². The third-order valence-corrected chi connectivity index (χ3v) is 5.99. The average molecular weight is 313 g/mol. The first-order valence-corrected chi connectivity index (χ1v) is 7.74. The highest BCUT2D eigenvalue weighted by atomic mass is 16.6. The number of para-hydroxylation sites is 1. The number of nitro benzene ring substituents is 1. The van der Waals surface area contributed by atoms with Crippen LogP contribution in [0.3, 0.4) is 0 Å². The Bertz CT molecular complexity index is 762. The second-order valence-corrected chi connectivity index (χ2v) is 7.21. The number of allylic oxidation sites excluding steroid dienone is 1. The molecule has 0 heterocycles. The van der Waals surface area contributed by atoms with Crippen molar-refractivity contribution in [2.45, 2.75) is 33.6 Å². The van der Waals surface area contributed by atoms with Gasteiger partial charge in [0.05, 0.1) is 16.1 Å². The zero-order chi connectivity index (χ0) is 17.0. The standard InChI is InChI=1S/C18H19NO4/c1-17(2)13-8-9-18(17,3)16(21)12(15(13)20)10-11-6-4-5-7-14(11)19(22)23/h4-7,10,13H,8-9H2,1-3H3/b12-10+/t13-,18+/m1/s1. The SMILES string of the molecule is CC1(C)[C@@H]2CC[C@@]1(C)C(=O)/C(=C/c1ccccc1[N+](=O)[O-])C2=O. The van der Waals surface area contributed by atoms with Crippen LogP contribution in [0.15, 0.2) is 29.8 Å². The minimum absolute atomic E-state index is 0.0945. The number of nitro groups is 1. The van der Waals surface area contributed by atoms with Gasteiger partial charge in [0.2, 0.25) is 0 Å². The number of Topliss-reactive ketones (excluding diaryl/α,β-unsaturated/α-hetero) is 2. The summed E-state index contributed by atoms with van der Waals surface area (Å²) >= 11 is 0. The van der Waals surface area contributed by atoms with Gasteiger partial charge < -0.3 is 0 Å². The molecule has 0 spiro atoms. The van der Waals surface area contributed by atoms with Crippen LogP contribution in [0.1, 0.15) is 39.2 Å². The monoisotopic (exact) mass is 313 g/mol. The van der Waals surface area contributed by atoms with Crippen molar-refractivity contribution in [2.24, 2.45) is 16.7 Å². The van der Waals surface area contributed by atoms with Crippen LogP contribution in [0.25, 0.3) is 6.08 Å². The molecule has 0 aromatic heterocycles. The van der Waals surface area contributed by atoms with Gasteiger partial charge in [-0.05, 0) is 30.4 Å². The molecule has 3 rings (SSSR count). The fourth-order valence-corrected chi connectivity index (χ4v) is 4.03. The second kappa shape index (κ2) is 4.85. The van der Waals surface area contributed by atoms with Crippen LogP contribution in [0.2, 0.25) is 0 Å². The van der Waals surface area contributed by atoms with E-state index in [1.54, 1.807) is 18.2 Å². The molecule has 120 valence electrons. The van der Waals surface area contributed by atoms with Crippen molar-refractivity contribution in [3.63, 3.8) is 0 Å². The van der Waals surface area contributed by atoms with Gasteiger partial charge in [0.1, 0.15) is 0 Å². The van der Waals surface area contributed by atoms with E-state index in [1.807, 2.05) is 20.8 Å². The molecule has 0 unspecified atom stereocenters. The zero-order valence-corrected chi connectivity index (χ0v) is 13.5. The molecule has 1 aromatic rings. The minimum atomic E-state index is -0.582.